The second kappa shape index (κ2) is 6.98. The number of hydrogen-bond donors (Lipinski definition) is 0. The molecular formula is C21H13ClO6. The molecule has 7 heteroatoms. The average Bonchev–Trinajstić information content (AvgIpc) is 2.65. The number of carbonyl (C=O) groups is 1. The Morgan fingerprint density at radius 3 is 2.57 bits per heavy atom. The maximum Gasteiger partial charge on any atom is 0.344 e. The van der Waals surface area contributed by atoms with Crippen LogP contribution in [0.4, 0.5) is 0 Å². The predicted molar refractivity (Wildman–Crippen MR) is 105 cm³/mol. The van der Waals surface area contributed by atoms with E-state index >= 15 is 0 Å². The smallest absolute Gasteiger partial charge is 0.344 e. The van der Waals surface area contributed by atoms with Gasteiger partial charge in [0.25, 0.3) is 0 Å². The van der Waals surface area contributed by atoms with E-state index in [9.17, 15) is 14.4 Å². The molecule has 0 N–H and O–H groups in total. The number of hydrogen-bond acceptors (Lipinski definition) is 6. The van der Waals surface area contributed by atoms with Gasteiger partial charge in [-0.25, -0.2) is 9.59 Å². The van der Waals surface area contributed by atoms with Crippen LogP contribution in [0.15, 0.2) is 67.0 Å². The Kier molecular flexibility index (Phi) is 4.49. The van der Waals surface area contributed by atoms with Gasteiger partial charge in [-0.05, 0) is 43.3 Å². The molecule has 28 heavy (non-hydrogen) atoms. The van der Waals surface area contributed by atoms with Crippen molar-refractivity contribution in [2.75, 3.05) is 6.61 Å². The van der Waals surface area contributed by atoms with Crippen LogP contribution in [-0.4, -0.2) is 12.4 Å². The van der Waals surface area contributed by atoms with Crippen molar-refractivity contribution in [3.05, 3.63) is 74.4 Å². The van der Waals surface area contributed by atoms with Crippen molar-refractivity contribution in [1.29, 1.82) is 0 Å². The fraction of sp³-hybridized carbons (Fsp3) is 0.0952. The zero-order valence-corrected chi connectivity index (χ0v) is 15.4. The number of rotatable bonds is 4. The second-order valence-electron chi connectivity index (χ2n) is 6.26. The summed E-state index contributed by atoms with van der Waals surface area (Å²) in [6, 6.07) is 12.6. The van der Waals surface area contributed by atoms with E-state index in [1.807, 2.05) is 0 Å². The molecule has 0 radical (unpaired) electrons. The van der Waals surface area contributed by atoms with Crippen molar-refractivity contribution in [1.82, 2.24) is 0 Å². The largest absolute Gasteiger partial charge is 0.486 e. The van der Waals surface area contributed by atoms with Crippen molar-refractivity contribution in [2.24, 2.45) is 0 Å². The zero-order chi connectivity index (χ0) is 19.8. The number of halogens is 1. The first-order chi connectivity index (χ1) is 13.4. The van der Waals surface area contributed by atoms with Crippen LogP contribution in [0, 0.1) is 0 Å². The third kappa shape index (κ3) is 3.42. The summed E-state index contributed by atoms with van der Waals surface area (Å²) in [7, 11) is 0. The van der Waals surface area contributed by atoms with Gasteiger partial charge in [-0.1, -0.05) is 11.6 Å². The van der Waals surface area contributed by atoms with Crippen LogP contribution in [0.1, 0.15) is 6.92 Å². The lowest BCUT2D eigenvalue weighted by Crippen LogP contribution is -2.08. The van der Waals surface area contributed by atoms with Gasteiger partial charge < -0.3 is 13.6 Å². The minimum Gasteiger partial charge on any atom is -0.486 e. The number of carbonyl (C=O) groups excluding carboxylic acids is 1. The Labute approximate surface area is 162 Å². The topological polar surface area (TPSA) is 86.7 Å². The molecule has 140 valence electrons. The summed E-state index contributed by atoms with van der Waals surface area (Å²) in [5.41, 5.74) is -0.0000137. The quantitative estimate of drug-likeness (QED) is 0.481. The average molecular weight is 397 g/mol. The molecule has 0 aliphatic carbocycles. The van der Waals surface area contributed by atoms with E-state index in [0.29, 0.717) is 32.7 Å². The fourth-order valence-corrected chi connectivity index (χ4v) is 3.10. The molecule has 0 bridgehead atoms. The van der Waals surface area contributed by atoms with Crippen LogP contribution in [0.2, 0.25) is 5.02 Å². The van der Waals surface area contributed by atoms with E-state index < -0.39 is 11.3 Å². The van der Waals surface area contributed by atoms with Crippen molar-refractivity contribution < 1.29 is 18.4 Å². The molecule has 0 spiro atoms. The normalized spacial score (nSPS) is 11.1. The maximum absolute atomic E-state index is 12.5. The second-order valence-corrected chi connectivity index (χ2v) is 6.69. The molecule has 0 amide bonds. The number of benzene rings is 2. The third-order valence-corrected chi connectivity index (χ3v) is 4.38. The van der Waals surface area contributed by atoms with Crippen LogP contribution in [0.25, 0.3) is 33.1 Å². The zero-order valence-electron chi connectivity index (χ0n) is 14.7. The molecule has 0 saturated carbocycles. The fourth-order valence-electron chi connectivity index (χ4n) is 2.92. The number of fused-ring (bicyclic) bond motifs is 2. The molecule has 2 heterocycles. The first-order valence-electron chi connectivity index (χ1n) is 8.34. The van der Waals surface area contributed by atoms with E-state index in [-0.39, 0.29) is 23.5 Å². The van der Waals surface area contributed by atoms with Gasteiger partial charge in [0.05, 0.1) is 5.56 Å². The van der Waals surface area contributed by atoms with Gasteiger partial charge in [0.1, 0.15) is 23.5 Å². The molecule has 4 rings (SSSR count). The number of Topliss-reactive ketones (excluding diaryl/α,β-unsaturated/α-hetero) is 1. The summed E-state index contributed by atoms with van der Waals surface area (Å²) < 4.78 is 16.0. The Hall–Kier alpha value is -3.38. The third-order valence-electron chi connectivity index (χ3n) is 4.14. The molecule has 2 aromatic carbocycles. The van der Waals surface area contributed by atoms with Gasteiger partial charge in [-0.2, -0.15) is 0 Å². The Morgan fingerprint density at radius 1 is 0.964 bits per heavy atom. The highest BCUT2D eigenvalue weighted by molar-refractivity contribution is 6.31. The highest BCUT2D eigenvalue weighted by Crippen LogP contribution is 2.30. The SMILES string of the molecule is CC(=O)COc1ccc2c(-c3cc4cc(Cl)ccc4oc3=O)cc(=O)oc2c1. The first kappa shape index (κ1) is 18.0. The van der Waals surface area contributed by atoms with Crippen molar-refractivity contribution >= 4 is 39.3 Å². The molecule has 4 aromatic rings. The van der Waals surface area contributed by atoms with Crippen molar-refractivity contribution in [3.8, 4) is 16.9 Å². The monoisotopic (exact) mass is 396 g/mol. The summed E-state index contributed by atoms with van der Waals surface area (Å²) in [5, 5.41) is 1.66. The molecule has 0 atom stereocenters. The van der Waals surface area contributed by atoms with Crippen LogP contribution in [-0.2, 0) is 4.79 Å². The van der Waals surface area contributed by atoms with Crippen LogP contribution >= 0.6 is 11.6 Å². The Balaban J connectivity index is 1.92. The lowest BCUT2D eigenvalue weighted by molar-refractivity contribution is -0.118. The molecule has 0 aliphatic rings. The van der Waals surface area contributed by atoms with Crippen LogP contribution < -0.4 is 16.0 Å². The molecule has 0 fully saturated rings. The Bertz CT molecular complexity index is 1350. The minimum atomic E-state index is -0.628. The van der Waals surface area contributed by atoms with E-state index in [4.69, 9.17) is 25.2 Å². The van der Waals surface area contributed by atoms with Gasteiger partial charge in [-0.3, -0.25) is 4.79 Å². The van der Waals surface area contributed by atoms with E-state index in [1.54, 1.807) is 36.4 Å². The summed E-state index contributed by atoms with van der Waals surface area (Å²) in [6.45, 7) is 1.31. The summed E-state index contributed by atoms with van der Waals surface area (Å²) >= 11 is 6.02. The van der Waals surface area contributed by atoms with Crippen LogP contribution in [0.5, 0.6) is 5.75 Å². The molecule has 0 unspecified atom stereocenters. The molecular weight excluding hydrogens is 384 g/mol. The lowest BCUT2D eigenvalue weighted by Gasteiger charge is -2.08. The van der Waals surface area contributed by atoms with Gasteiger partial charge in [0.2, 0.25) is 0 Å². The van der Waals surface area contributed by atoms with E-state index in [2.05, 4.69) is 0 Å². The van der Waals surface area contributed by atoms with Gasteiger partial charge in [0, 0.05) is 33.5 Å². The van der Waals surface area contributed by atoms with Gasteiger partial charge >= 0.3 is 11.3 Å². The van der Waals surface area contributed by atoms with Gasteiger partial charge in [0.15, 0.2) is 5.78 Å². The highest BCUT2D eigenvalue weighted by Gasteiger charge is 2.14. The Morgan fingerprint density at radius 2 is 1.79 bits per heavy atom. The van der Waals surface area contributed by atoms with Crippen LogP contribution in [0.3, 0.4) is 0 Å². The minimum absolute atomic E-state index is 0.0928. The lowest BCUT2D eigenvalue weighted by atomic mass is 10.0. The van der Waals surface area contributed by atoms with Crippen molar-refractivity contribution in [2.45, 2.75) is 6.92 Å². The van der Waals surface area contributed by atoms with Gasteiger partial charge in [-0.15, -0.1) is 0 Å². The summed E-state index contributed by atoms with van der Waals surface area (Å²) in [6.07, 6.45) is 0. The summed E-state index contributed by atoms with van der Waals surface area (Å²) in [4.78, 5) is 35.7. The molecule has 0 saturated heterocycles. The van der Waals surface area contributed by atoms with E-state index in [1.165, 1.54) is 19.1 Å². The maximum atomic E-state index is 12.5. The number of ketones is 1. The predicted octanol–water partition coefficient (Wildman–Crippen LogP) is 4.19. The van der Waals surface area contributed by atoms with E-state index in [0.717, 1.165) is 0 Å². The number of ether oxygens (including phenoxy) is 1. The summed E-state index contributed by atoms with van der Waals surface area (Å²) in [5.74, 6) is 0.239. The standard InChI is InChI=1S/C21H13ClO6/c1-11(23)10-26-14-3-4-15-16(9-20(24)27-19(15)8-14)17-7-12-6-13(22)2-5-18(12)28-21(17)25/h2-9H,10H2,1H3. The molecule has 6 nitrogen and oxygen atoms in total. The first-order valence-corrected chi connectivity index (χ1v) is 8.72. The molecule has 0 aliphatic heterocycles. The van der Waals surface area contributed by atoms with Crippen molar-refractivity contribution in [3.63, 3.8) is 0 Å². The highest BCUT2D eigenvalue weighted by atomic mass is 35.5. The molecule has 2 aromatic heterocycles.